The van der Waals surface area contributed by atoms with Gasteiger partial charge in [0.15, 0.2) is 0 Å². The number of halogens is 1. The van der Waals surface area contributed by atoms with Gasteiger partial charge in [-0.1, -0.05) is 35.9 Å². The van der Waals surface area contributed by atoms with Gasteiger partial charge in [-0.2, -0.15) is 0 Å². The third kappa shape index (κ3) is 3.92. The van der Waals surface area contributed by atoms with Gasteiger partial charge in [-0.15, -0.1) is 0 Å². The Labute approximate surface area is 155 Å². The Morgan fingerprint density at radius 1 is 1.27 bits per heavy atom. The number of nitrogens with zero attached hydrogens (tertiary/aromatic N) is 2. The highest BCUT2D eigenvalue weighted by atomic mass is 35.5. The van der Waals surface area contributed by atoms with Gasteiger partial charge in [0.25, 0.3) is 5.56 Å². The van der Waals surface area contributed by atoms with Crippen LogP contribution in [-0.4, -0.2) is 27.1 Å². The maximum Gasteiger partial charge on any atom is 0.261 e. The Kier molecular flexibility index (Phi) is 5.35. The molecule has 1 aromatic heterocycles. The standard InChI is InChI=1S/C19H18ClN3O3/c1-12-3-2-4-15-18(12)22-11-23(19(15)26)10-17(25)21-9-16(24)13-5-7-14(20)8-6-13/h2-8,11,16,24H,9-10H2,1H3,(H,21,25)/t16-/m1/s1. The summed E-state index contributed by atoms with van der Waals surface area (Å²) in [6.45, 7) is 1.75. The van der Waals surface area contributed by atoms with E-state index in [1.807, 2.05) is 13.0 Å². The predicted octanol–water partition coefficient (Wildman–Crippen LogP) is 2.21. The second-order valence-electron chi connectivity index (χ2n) is 6.02. The number of hydrogen-bond acceptors (Lipinski definition) is 4. The van der Waals surface area contributed by atoms with Gasteiger partial charge in [0.05, 0.1) is 23.3 Å². The number of aliphatic hydroxyl groups excluding tert-OH is 1. The second-order valence-corrected chi connectivity index (χ2v) is 6.46. The van der Waals surface area contributed by atoms with Crippen molar-refractivity contribution >= 4 is 28.4 Å². The van der Waals surface area contributed by atoms with Crippen molar-refractivity contribution in [3.8, 4) is 0 Å². The van der Waals surface area contributed by atoms with E-state index in [1.165, 1.54) is 10.9 Å². The van der Waals surface area contributed by atoms with E-state index >= 15 is 0 Å². The summed E-state index contributed by atoms with van der Waals surface area (Å²) in [5, 5.41) is 13.8. The smallest absolute Gasteiger partial charge is 0.261 e. The predicted molar refractivity (Wildman–Crippen MR) is 100 cm³/mol. The average Bonchev–Trinajstić information content (AvgIpc) is 2.63. The molecular weight excluding hydrogens is 354 g/mol. The van der Waals surface area contributed by atoms with Crippen LogP contribution in [-0.2, 0) is 11.3 Å². The zero-order valence-electron chi connectivity index (χ0n) is 14.1. The van der Waals surface area contributed by atoms with Gasteiger partial charge in [-0.25, -0.2) is 4.98 Å². The van der Waals surface area contributed by atoms with Gasteiger partial charge in [0.2, 0.25) is 5.91 Å². The van der Waals surface area contributed by atoms with Gasteiger partial charge in [-0.05, 0) is 36.2 Å². The van der Waals surface area contributed by atoms with Crippen molar-refractivity contribution in [2.75, 3.05) is 6.54 Å². The molecule has 0 saturated carbocycles. The molecular formula is C19H18ClN3O3. The fourth-order valence-corrected chi connectivity index (χ4v) is 2.80. The van der Waals surface area contributed by atoms with Crippen LogP contribution < -0.4 is 10.9 Å². The number of rotatable bonds is 5. The summed E-state index contributed by atoms with van der Waals surface area (Å²) in [6, 6.07) is 12.1. The minimum absolute atomic E-state index is 0.0370. The topological polar surface area (TPSA) is 84.2 Å². The fraction of sp³-hybridized carbons (Fsp3) is 0.211. The van der Waals surface area contributed by atoms with Crippen LogP contribution in [0.5, 0.6) is 0 Å². The molecule has 6 nitrogen and oxygen atoms in total. The molecule has 3 aromatic rings. The lowest BCUT2D eigenvalue weighted by molar-refractivity contribution is -0.122. The van der Waals surface area contributed by atoms with Gasteiger partial charge in [0.1, 0.15) is 6.54 Å². The van der Waals surface area contributed by atoms with Crippen LogP contribution in [0.4, 0.5) is 0 Å². The normalized spacial score (nSPS) is 12.1. The molecule has 26 heavy (non-hydrogen) atoms. The summed E-state index contributed by atoms with van der Waals surface area (Å²) in [5.41, 5.74) is 1.91. The monoisotopic (exact) mass is 371 g/mol. The number of fused-ring (bicyclic) bond motifs is 1. The van der Waals surface area contributed by atoms with Crippen molar-refractivity contribution in [3.63, 3.8) is 0 Å². The first-order valence-electron chi connectivity index (χ1n) is 8.10. The summed E-state index contributed by atoms with van der Waals surface area (Å²) in [7, 11) is 0. The molecule has 2 aromatic carbocycles. The van der Waals surface area contributed by atoms with E-state index < -0.39 is 6.10 Å². The number of aromatic nitrogens is 2. The number of para-hydroxylation sites is 1. The highest BCUT2D eigenvalue weighted by Crippen LogP contribution is 2.15. The maximum absolute atomic E-state index is 12.5. The van der Waals surface area contributed by atoms with Crippen LogP contribution in [0.3, 0.4) is 0 Å². The van der Waals surface area contributed by atoms with Gasteiger partial charge >= 0.3 is 0 Å². The van der Waals surface area contributed by atoms with Crippen molar-refractivity contribution in [1.29, 1.82) is 0 Å². The highest BCUT2D eigenvalue weighted by molar-refractivity contribution is 6.30. The van der Waals surface area contributed by atoms with Crippen molar-refractivity contribution in [1.82, 2.24) is 14.9 Å². The first-order chi connectivity index (χ1) is 12.5. The lowest BCUT2D eigenvalue weighted by Crippen LogP contribution is -2.34. The molecule has 0 bridgehead atoms. The van der Waals surface area contributed by atoms with E-state index in [0.29, 0.717) is 21.5 Å². The van der Waals surface area contributed by atoms with Crippen molar-refractivity contribution in [2.24, 2.45) is 0 Å². The first-order valence-corrected chi connectivity index (χ1v) is 8.48. The van der Waals surface area contributed by atoms with E-state index in [2.05, 4.69) is 10.3 Å². The lowest BCUT2D eigenvalue weighted by Gasteiger charge is -2.13. The lowest BCUT2D eigenvalue weighted by atomic mass is 10.1. The Hall–Kier alpha value is -2.70. The minimum atomic E-state index is -0.856. The molecule has 1 atom stereocenters. The van der Waals surface area contributed by atoms with Crippen molar-refractivity contribution in [2.45, 2.75) is 19.6 Å². The Morgan fingerprint density at radius 2 is 2.00 bits per heavy atom. The summed E-state index contributed by atoms with van der Waals surface area (Å²) in [6.07, 6.45) is 0.512. The number of benzene rings is 2. The molecule has 134 valence electrons. The van der Waals surface area contributed by atoms with Crippen LogP contribution in [0.25, 0.3) is 10.9 Å². The number of hydrogen-bond donors (Lipinski definition) is 2. The number of aryl methyl sites for hydroxylation is 1. The van der Waals surface area contributed by atoms with Crippen LogP contribution >= 0.6 is 11.6 Å². The quantitative estimate of drug-likeness (QED) is 0.720. The molecule has 0 aliphatic rings. The fourth-order valence-electron chi connectivity index (χ4n) is 2.67. The van der Waals surface area contributed by atoms with Crippen molar-refractivity contribution in [3.05, 3.63) is 75.3 Å². The summed E-state index contributed by atoms with van der Waals surface area (Å²) >= 11 is 5.81. The van der Waals surface area contributed by atoms with Gasteiger partial charge < -0.3 is 10.4 Å². The van der Waals surface area contributed by atoms with Crippen LogP contribution in [0.2, 0.25) is 5.02 Å². The highest BCUT2D eigenvalue weighted by Gasteiger charge is 2.12. The summed E-state index contributed by atoms with van der Waals surface area (Å²) in [5.74, 6) is -0.381. The van der Waals surface area contributed by atoms with E-state index in [-0.39, 0.29) is 24.6 Å². The largest absolute Gasteiger partial charge is 0.387 e. The number of carbonyl (C=O) groups is 1. The third-order valence-corrected chi connectivity index (χ3v) is 4.37. The molecule has 7 heteroatoms. The molecule has 1 amide bonds. The Morgan fingerprint density at radius 3 is 2.73 bits per heavy atom. The Balaban J connectivity index is 1.67. The van der Waals surface area contributed by atoms with E-state index in [0.717, 1.165) is 5.56 Å². The SMILES string of the molecule is Cc1cccc2c(=O)n(CC(=O)NC[C@@H](O)c3ccc(Cl)cc3)cnc12. The molecule has 2 N–H and O–H groups in total. The second kappa shape index (κ2) is 7.68. The number of nitrogens with one attached hydrogen (secondary N) is 1. The van der Waals surface area contributed by atoms with Gasteiger partial charge in [0, 0.05) is 11.6 Å². The average molecular weight is 372 g/mol. The summed E-state index contributed by atoms with van der Waals surface area (Å²) in [4.78, 5) is 28.9. The zero-order valence-corrected chi connectivity index (χ0v) is 14.9. The molecule has 0 spiro atoms. The summed E-state index contributed by atoms with van der Waals surface area (Å²) < 4.78 is 1.26. The first kappa shape index (κ1) is 18.1. The minimum Gasteiger partial charge on any atom is -0.387 e. The molecule has 0 fully saturated rings. The molecule has 0 unspecified atom stereocenters. The van der Waals surface area contributed by atoms with Crippen LogP contribution in [0.15, 0.2) is 53.6 Å². The molecule has 0 aliphatic heterocycles. The molecule has 3 rings (SSSR count). The van der Waals surface area contributed by atoms with Crippen LogP contribution in [0.1, 0.15) is 17.2 Å². The number of aliphatic hydroxyl groups is 1. The van der Waals surface area contributed by atoms with Gasteiger partial charge in [-0.3, -0.25) is 14.2 Å². The molecule has 0 saturated heterocycles. The Bertz CT molecular complexity index is 999. The molecule has 1 heterocycles. The maximum atomic E-state index is 12.5. The van der Waals surface area contributed by atoms with Crippen LogP contribution in [0, 0.1) is 6.92 Å². The molecule has 0 radical (unpaired) electrons. The van der Waals surface area contributed by atoms with E-state index in [9.17, 15) is 14.7 Å². The van der Waals surface area contributed by atoms with Crippen molar-refractivity contribution < 1.29 is 9.90 Å². The van der Waals surface area contributed by atoms with E-state index in [1.54, 1.807) is 36.4 Å². The zero-order chi connectivity index (χ0) is 18.7. The third-order valence-electron chi connectivity index (χ3n) is 4.12. The number of carbonyl (C=O) groups excluding carboxylic acids is 1. The number of amides is 1. The van der Waals surface area contributed by atoms with E-state index in [4.69, 9.17) is 11.6 Å². The molecule has 0 aliphatic carbocycles.